The molecule has 1 aliphatic heterocycles. The van der Waals surface area contributed by atoms with E-state index < -0.39 is 9.84 Å². The molecule has 0 aromatic heterocycles. The molecule has 1 rings (SSSR count). The molecule has 0 amide bonds. The fraction of sp³-hybridized carbons (Fsp3) is 0.909. The predicted octanol–water partition coefficient (Wildman–Crippen LogP) is 0.809. The summed E-state index contributed by atoms with van der Waals surface area (Å²) in [6.45, 7) is 4.45. The second kappa shape index (κ2) is 6.66. The van der Waals surface area contributed by atoms with Crippen LogP contribution in [0.15, 0.2) is 0 Å². The first kappa shape index (κ1) is 14.9. The summed E-state index contributed by atoms with van der Waals surface area (Å²) >= 11 is 5.01. The molecule has 1 aliphatic rings. The number of piperidine rings is 1. The zero-order valence-corrected chi connectivity index (χ0v) is 12.0. The van der Waals surface area contributed by atoms with Gasteiger partial charge in [-0.25, -0.2) is 8.42 Å². The van der Waals surface area contributed by atoms with Crippen molar-refractivity contribution in [2.24, 2.45) is 11.7 Å². The summed E-state index contributed by atoms with van der Waals surface area (Å²) in [6.07, 6.45) is 2.88. The lowest BCUT2D eigenvalue weighted by Gasteiger charge is -2.32. The Morgan fingerprint density at radius 3 is 2.82 bits per heavy atom. The van der Waals surface area contributed by atoms with Crippen LogP contribution in [-0.2, 0) is 9.84 Å². The van der Waals surface area contributed by atoms with E-state index >= 15 is 0 Å². The van der Waals surface area contributed by atoms with Gasteiger partial charge < -0.3 is 10.6 Å². The minimum atomic E-state index is -2.83. The molecule has 1 heterocycles. The summed E-state index contributed by atoms with van der Waals surface area (Å²) in [5, 5.41) is 0. The van der Waals surface area contributed by atoms with E-state index in [1.165, 1.54) is 0 Å². The van der Waals surface area contributed by atoms with E-state index in [1.54, 1.807) is 6.92 Å². The highest BCUT2D eigenvalue weighted by Gasteiger charge is 2.21. The molecule has 2 N–H and O–H groups in total. The number of hydrogen-bond donors (Lipinski definition) is 1. The van der Waals surface area contributed by atoms with Crippen LogP contribution in [0.25, 0.3) is 0 Å². The maximum absolute atomic E-state index is 11.4. The fourth-order valence-electron chi connectivity index (χ4n) is 2.14. The van der Waals surface area contributed by atoms with Gasteiger partial charge in [-0.3, -0.25) is 0 Å². The Balaban J connectivity index is 2.30. The summed E-state index contributed by atoms with van der Waals surface area (Å²) in [6, 6.07) is 0. The Morgan fingerprint density at radius 2 is 2.24 bits per heavy atom. The van der Waals surface area contributed by atoms with Crippen molar-refractivity contribution in [3.8, 4) is 0 Å². The normalized spacial score (nSPS) is 22.5. The average molecular weight is 278 g/mol. The van der Waals surface area contributed by atoms with Gasteiger partial charge in [0.1, 0.15) is 9.84 Å². The number of likely N-dealkylation sites (tertiary alicyclic amines) is 1. The molecule has 6 heteroatoms. The zero-order chi connectivity index (χ0) is 12.9. The molecule has 1 fully saturated rings. The molecule has 17 heavy (non-hydrogen) atoms. The smallest absolute Gasteiger partial charge is 0.150 e. The molecular formula is C11H22N2O2S2. The fourth-order valence-corrected chi connectivity index (χ4v) is 3.19. The number of hydrogen-bond acceptors (Lipinski definition) is 4. The van der Waals surface area contributed by atoms with Crippen LogP contribution in [0.2, 0.25) is 0 Å². The van der Waals surface area contributed by atoms with Crippen molar-refractivity contribution >= 4 is 27.0 Å². The molecule has 0 aromatic rings. The molecule has 0 spiro atoms. The van der Waals surface area contributed by atoms with Crippen LogP contribution in [-0.4, -0.2) is 49.4 Å². The van der Waals surface area contributed by atoms with E-state index in [2.05, 4.69) is 4.90 Å². The maximum atomic E-state index is 11.4. The van der Waals surface area contributed by atoms with E-state index in [0.717, 1.165) is 32.5 Å². The van der Waals surface area contributed by atoms with E-state index in [1.807, 2.05) is 0 Å². The first-order valence-corrected chi connectivity index (χ1v) is 8.39. The second-order valence-electron chi connectivity index (χ2n) is 4.63. The molecule has 1 unspecified atom stereocenters. The van der Waals surface area contributed by atoms with Crippen LogP contribution in [0.4, 0.5) is 0 Å². The molecule has 4 nitrogen and oxygen atoms in total. The lowest BCUT2D eigenvalue weighted by Crippen LogP contribution is -2.41. The van der Waals surface area contributed by atoms with Crippen molar-refractivity contribution in [1.29, 1.82) is 0 Å². The number of nitrogens with zero attached hydrogens (tertiary/aromatic N) is 1. The first-order valence-electron chi connectivity index (χ1n) is 6.16. The van der Waals surface area contributed by atoms with Crippen molar-refractivity contribution in [2.45, 2.75) is 26.2 Å². The van der Waals surface area contributed by atoms with Crippen molar-refractivity contribution < 1.29 is 8.42 Å². The standard InChI is InChI=1S/C11H22N2O2S2/c1-2-17(14,15)8-4-7-13-6-3-5-10(9-13)11(12)16/h10H,2-9H2,1H3,(H2,12,16). The maximum Gasteiger partial charge on any atom is 0.150 e. The molecule has 1 atom stereocenters. The van der Waals surface area contributed by atoms with Gasteiger partial charge in [-0.1, -0.05) is 19.1 Å². The Hall–Kier alpha value is -0.200. The largest absolute Gasteiger partial charge is 0.393 e. The van der Waals surface area contributed by atoms with Gasteiger partial charge in [-0.2, -0.15) is 0 Å². The summed E-state index contributed by atoms with van der Waals surface area (Å²) in [4.78, 5) is 2.87. The van der Waals surface area contributed by atoms with E-state index in [0.29, 0.717) is 17.3 Å². The summed E-state index contributed by atoms with van der Waals surface area (Å²) in [5.74, 6) is 0.835. The number of rotatable bonds is 6. The Kier molecular flexibility index (Phi) is 5.82. The van der Waals surface area contributed by atoms with E-state index in [9.17, 15) is 8.42 Å². The van der Waals surface area contributed by atoms with Crippen LogP contribution in [0.3, 0.4) is 0 Å². The van der Waals surface area contributed by atoms with Gasteiger partial charge >= 0.3 is 0 Å². The minimum absolute atomic E-state index is 0.239. The van der Waals surface area contributed by atoms with Gasteiger partial charge in [0.2, 0.25) is 0 Å². The third-order valence-corrected chi connectivity index (χ3v) is 5.40. The highest BCUT2D eigenvalue weighted by molar-refractivity contribution is 7.91. The van der Waals surface area contributed by atoms with Crippen LogP contribution >= 0.6 is 12.2 Å². The monoisotopic (exact) mass is 278 g/mol. The average Bonchev–Trinajstić information content (AvgIpc) is 2.29. The zero-order valence-electron chi connectivity index (χ0n) is 10.4. The summed E-state index contributed by atoms with van der Waals surface area (Å²) < 4.78 is 22.7. The molecule has 0 radical (unpaired) electrons. The third-order valence-electron chi connectivity index (χ3n) is 3.28. The quantitative estimate of drug-likeness (QED) is 0.729. The molecule has 0 aliphatic carbocycles. The van der Waals surface area contributed by atoms with E-state index in [4.69, 9.17) is 18.0 Å². The Morgan fingerprint density at radius 1 is 1.53 bits per heavy atom. The molecule has 0 aromatic carbocycles. The summed E-state index contributed by atoms with van der Waals surface area (Å²) in [5.41, 5.74) is 5.66. The number of nitrogens with two attached hydrogens (primary N) is 1. The molecule has 0 bridgehead atoms. The van der Waals surface area contributed by atoms with Gasteiger partial charge in [0.25, 0.3) is 0 Å². The van der Waals surface area contributed by atoms with Crippen molar-refractivity contribution in [3.05, 3.63) is 0 Å². The van der Waals surface area contributed by atoms with Crippen LogP contribution in [0.5, 0.6) is 0 Å². The highest BCUT2D eigenvalue weighted by atomic mass is 32.2. The van der Waals surface area contributed by atoms with E-state index in [-0.39, 0.29) is 11.5 Å². The minimum Gasteiger partial charge on any atom is -0.393 e. The van der Waals surface area contributed by atoms with Crippen molar-refractivity contribution in [3.63, 3.8) is 0 Å². The second-order valence-corrected chi connectivity index (χ2v) is 7.58. The van der Waals surface area contributed by atoms with Gasteiger partial charge in [-0.05, 0) is 32.4 Å². The van der Waals surface area contributed by atoms with Gasteiger partial charge in [-0.15, -0.1) is 0 Å². The van der Waals surface area contributed by atoms with Gasteiger partial charge in [0, 0.05) is 18.2 Å². The van der Waals surface area contributed by atoms with Crippen LogP contribution in [0, 0.1) is 5.92 Å². The SMILES string of the molecule is CCS(=O)(=O)CCCN1CCCC(C(N)=S)C1. The molecular weight excluding hydrogens is 256 g/mol. The highest BCUT2D eigenvalue weighted by Crippen LogP contribution is 2.16. The third kappa shape index (κ3) is 5.31. The topological polar surface area (TPSA) is 63.4 Å². The van der Waals surface area contributed by atoms with Crippen molar-refractivity contribution in [2.75, 3.05) is 31.1 Å². The van der Waals surface area contributed by atoms with Gasteiger partial charge in [0.15, 0.2) is 0 Å². The Labute approximate surface area is 109 Å². The van der Waals surface area contributed by atoms with Gasteiger partial charge in [0.05, 0.1) is 10.7 Å². The predicted molar refractivity (Wildman–Crippen MR) is 74.9 cm³/mol. The Bertz CT molecular complexity index is 354. The lowest BCUT2D eigenvalue weighted by molar-refractivity contribution is 0.205. The first-order chi connectivity index (χ1) is 7.94. The molecule has 0 saturated carbocycles. The number of sulfone groups is 1. The molecule has 100 valence electrons. The molecule has 1 saturated heterocycles. The number of thiocarbonyl (C=S) groups is 1. The summed E-state index contributed by atoms with van der Waals surface area (Å²) in [7, 11) is -2.83. The van der Waals surface area contributed by atoms with Crippen molar-refractivity contribution in [1.82, 2.24) is 4.90 Å². The van der Waals surface area contributed by atoms with Crippen LogP contribution in [0.1, 0.15) is 26.2 Å². The van der Waals surface area contributed by atoms with Crippen LogP contribution < -0.4 is 5.73 Å². The lowest BCUT2D eigenvalue weighted by atomic mass is 9.98.